The van der Waals surface area contributed by atoms with Crippen LogP contribution in [0.1, 0.15) is 35.4 Å². The molecule has 1 atom stereocenters. The highest BCUT2D eigenvalue weighted by molar-refractivity contribution is 7.90. The third-order valence-electron chi connectivity index (χ3n) is 3.32. The van der Waals surface area contributed by atoms with E-state index in [0.717, 1.165) is 18.5 Å². The predicted octanol–water partition coefficient (Wildman–Crippen LogP) is 3.55. The lowest BCUT2D eigenvalue weighted by molar-refractivity contribution is 0.597. The van der Waals surface area contributed by atoms with Crippen LogP contribution < -0.4 is 5.32 Å². The fraction of sp³-hybridized carbons (Fsp3) is 0.375. The molecule has 0 radical (unpaired) electrons. The molecule has 2 aromatic rings. The summed E-state index contributed by atoms with van der Waals surface area (Å²) in [6.45, 7) is 5.15. The Labute approximate surface area is 130 Å². The number of sulfone groups is 1. The molecule has 0 bridgehead atoms. The fourth-order valence-electron chi connectivity index (χ4n) is 2.24. The molecule has 114 valence electrons. The fourth-order valence-corrected chi connectivity index (χ4v) is 3.60. The van der Waals surface area contributed by atoms with Crippen molar-refractivity contribution >= 4 is 21.2 Å². The van der Waals surface area contributed by atoms with Gasteiger partial charge in [0.25, 0.3) is 0 Å². The van der Waals surface area contributed by atoms with Crippen molar-refractivity contribution in [1.82, 2.24) is 5.32 Å². The summed E-state index contributed by atoms with van der Waals surface area (Å²) in [7, 11) is -3.14. The number of benzene rings is 1. The van der Waals surface area contributed by atoms with Crippen LogP contribution in [0.25, 0.3) is 0 Å². The summed E-state index contributed by atoms with van der Waals surface area (Å²) in [6, 6.07) is 9.47. The lowest BCUT2D eigenvalue weighted by Crippen LogP contribution is -2.22. The van der Waals surface area contributed by atoms with Crippen LogP contribution in [0, 0.1) is 6.92 Å². The molecule has 1 N–H and O–H groups in total. The standard InChI is InChI=1S/C16H21NO2S2/c1-4-9-17-16(14-10-12(2)20-11-14)13-5-7-15(8-6-13)21(3,18)19/h5-8,10-11,16-17H,4,9H2,1-3H3. The smallest absolute Gasteiger partial charge is 0.175 e. The summed E-state index contributed by atoms with van der Waals surface area (Å²) in [5.41, 5.74) is 2.33. The summed E-state index contributed by atoms with van der Waals surface area (Å²) in [6.07, 6.45) is 2.29. The Kier molecular flexibility index (Phi) is 5.19. The molecule has 21 heavy (non-hydrogen) atoms. The number of hydrogen-bond acceptors (Lipinski definition) is 4. The summed E-state index contributed by atoms with van der Waals surface area (Å²) >= 11 is 1.73. The van der Waals surface area contributed by atoms with Crippen molar-refractivity contribution in [3.63, 3.8) is 0 Å². The van der Waals surface area contributed by atoms with Crippen LogP contribution in [-0.2, 0) is 9.84 Å². The number of rotatable bonds is 6. The van der Waals surface area contributed by atoms with Crippen LogP contribution in [0.2, 0.25) is 0 Å². The molecule has 0 aliphatic rings. The van der Waals surface area contributed by atoms with E-state index in [1.165, 1.54) is 16.7 Å². The molecule has 5 heteroatoms. The van der Waals surface area contributed by atoms with E-state index in [0.29, 0.717) is 4.90 Å². The molecule has 2 rings (SSSR count). The molecular formula is C16H21NO2S2. The van der Waals surface area contributed by atoms with Crippen LogP contribution in [0.3, 0.4) is 0 Å². The Bertz CT molecular complexity index is 687. The van der Waals surface area contributed by atoms with Gasteiger partial charge in [-0.05, 0) is 54.6 Å². The zero-order chi connectivity index (χ0) is 15.5. The molecule has 1 heterocycles. The van der Waals surface area contributed by atoms with E-state index in [1.807, 2.05) is 12.1 Å². The van der Waals surface area contributed by atoms with E-state index in [-0.39, 0.29) is 6.04 Å². The van der Waals surface area contributed by atoms with E-state index >= 15 is 0 Å². The highest BCUT2D eigenvalue weighted by atomic mass is 32.2. The molecule has 1 aromatic heterocycles. The monoisotopic (exact) mass is 323 g/mol. The maximum atomic E-state index is 11.5. The van der Waals surface area contributed by atoms with Gasteiger partial charge in [0.05, 0.1) is 10.9 Å². The normalized spacial score (nSPS) is 13.3. The first-order valence-corrected chi connectivity index (χ1v) is 9.77. The van der Waals surface area contributed by atoms with Gasteiger partial charge in [-0.2, -0.15) is 0 Å². The molecule has 0 fully saturated rings. The number of hydrogen-bond donors (Lipinski definition) is 1. The molecule has 1 aromatic carbocycles. The number of nitrogens with one attached hydrogen (secondary N) is 1. The summed E-state index contributed by atoms with van der Waals surface area (Å²) in [5.74, 6) is 0. The van der Waals surface area contributed by atoms with Gasteiger partial charge in [-0.25, -0.2) is 8.42 Å². The van der Waals surface area contributed by atoms with E-state index in [4.69, 9.17) is 0 Å². The first-order valence-electron chi connectivity index (χ1n) is 7.00. The molecular weight excluding hydrogens is 302 g/mol. The zero-order valence-electron chi connectivity index (χ0n) is 12.6. The van der Waals surface area contributed by atoms with Gasteiger partial charge in [-0.1, -0.05) is 19.1 Å². The lowest BCUT2D eigenvalue weighted by atomic mass is 10.0. The second-order valence-electron chi connectivity index (χ2n) is 5.22. The average Bonchev–Trinajstić information content (AvgIpc) is 2.85. The van der Waals surface area contributed by atoms with Crippen LogP contribution >= 0.6 is 11.3 Å². The SMILES string of the molecule is CCCNC(c1ccc(S(C)(=O)=O)cc1)c1csc(C)c1. The van der Waals surface area contributed by atoms with Gasteiger partial charge >= 0.3 is 0 Å². The molecule has 0 saturated heterocycles. The number of thiophene rings is 1. The van der Waals surface area contributed by atoms with Gasteiger partial charge in [-0.15, -0.1) is 11.3 Å². The van der Waals surface area contributed by atoms with Crippen LogP contribution in [0.5, 0.6) is 0 Å². The van der Waals surface area contributed by atoms with Crippen molar-refractivity contribution in [2.45, 2.75) is 31.2 Å². The Morgan fingerprint density at radius 3 is 2.33 bits per heavy atom. The minimum atomic E-state index is -3.14. The first-order chi connectivity index (χ1) is 9.91. The van der Waals surface area contributed by atoms with E-state index in [2.05, 4.69) is 30.6 Å². The Balaban J connectivity index is 2.32. The highest BCUT2D eigenvalue weighted by Gasteiger charge is 2.15. The Morgan fingerprint density at radius 1 is 1.19 bits per heavy atom. The van der Waals surface area contributed by atoms with Gasteiger partial charge in [-0.3, -0.25) is 0 Å². The minimum absolute atomic E-state index is 0.114. The van der Waals surface area contributed by atoms with E-state index < -0.39 is 9.84 Å². The Morgan fingerprint density at radius 2 is 1.86 bits per heavy atom. The molecule has 0 aliphatic heterocycles. The summed E-state index contributed by atoms with van der Waals surface area (Å²) < 4.78 is 23.1. The second-order valence-corrected chi connectivity index (χ2v) is 8.35. The molecule has 0 saturated carbocycles. The molecule has 1 unspecified atom stereocenters. The highest BCUT2D eigenvalue weighted by Crippen LogP contribution is 2.27. The van der Waals surface area contributed by atoms with Crippen LogP contribution in [0.4, 0.5) is 0 Å². The molecule has 0 spiro atoms. The van der Waals surface area contributed by atoms with Crippen molar-refractivity contribution in [3.8, 4) is 0 Å². The van der Waals surface area contributed by atoms with Gasteiger partial charge in [0.15, 0.2) is 9.84 Å². The van der Waals surface area contributed by atoms with Crippen molar-refractivity contribution in [2.75, 3.05) is 12.8 Å². The second kappa shape index (κ2) is 6.73. The quantitative estimate of drug-likeness (QED) is 0.884. The zero-order valence-corrected chi connectivity index (χ0v) is 14.2. The van der Waals surface area contributed by atoms with Crippen LogP contribution in [-0.4, -0.2) is 21.2 Å². The summed E-state index contributed by atoms with van der Waals surface area (Å²) in [4.78, 5) is 1.64. The predicted molar refractivity (Wildman–Crippen MR) is 88.7 cm³/mol. The number of aryl methyl sites for hydroxylation is 1. The van der Waals surface area contributed by atoms with E-state index in [1.54, 1.807) is 23.5 Å². The lowest BCUT2D eigenvalue weighted by Gasteiger charge is -2.18. The summed E-state index contributed by atoms with van der Waals surface area (Å²) in [5, 5.41) is 5.69. The van der Waals surface area contributed by atoms with Crippen molar-refractivity contribution in [3.05, 3.63) is 51.7 Å². The molecule has 0 amide bonds. The van der Waals surface area contributed by atoms with Gasteiger partial charge in [0.2, 0.25) is 0 Å². The van der Waals surface area contributed by atoms with Crippen molar-refractivity contribution < 1.29 is 8.42 Å². The van der Waals surface area contributed by atoms with E-state index in [9.17, 15) is 8.42 Å². The maximum Gasteiger partial charge on any atom is 0.175 e. The van der Waals surface area contributed by atoms with Crippen molar-refractivity contribution in [2.24, 2.45) is 0 Å². The average molecular weight is 323 g/mol. The van der Waals surface area contributed by atoms with Crippen LogP contribution in [0.15, 0.2) is 40.6 Å². The topological polar surface area (TPSA) is 46.2 Å². The first kappa shape index (κ1) is 16.2. The third kappa shape index (κ3) is 4.15. The molecule has 3 nitrogen and oxygen atoms in total. The van der Waals surface area contributed by atoms with Gasteiger partial charge in [0, 0.05) is 11.1 Å². The van der Waals surface area contributed by atoms with Gasteiger partial charge in [0.1, 0.15) is 0 Å². The van der Waals surface area contributed by atoms with Gasteiger partial charge < -0.3 is 5.32 Å². The maximum absolute atomic E-state index is 11.5. The minimum Gasteiger partial charge on any atom is -0.306 e. The largest absolute Gasteiger partial charge is 0.306 e. The third-order valence-corrected chi connectivity index (χ3v) is 5.33. The molecule has 0 aliphatic carbocycles. The van der Waals surface area contributed by atoms with Crippen molar-refractivity contribution in [1.29, 1.82) is 0 Å². The Hall–Kier alpha value is -1.17.